The van der Waals surface area contributed by atoms with Crippen LogP contribution in [0.15, 0.2) is 28.7 Å². The molecule has 0 aliphatic rings. The van der Waals surface area contributed by atoms with Gasteiger partial charge in [0, 0.05) is 18.2 Å². The third kappa shape index (κ3) is 9.28. The van der Waals surface area contributed by atoms with Crippen LogP contribution in [-0.4, -0.2) is 26.8 Å². The van der Waals surface area contributed by atoms with E-state index >= 15 is 0 Å². The van der Waals surface area contributed by atoms with Gasteiger partial charge in [-0.15, -0.1) is 0 Å². The molecule has 0 aliphatic heterocycles. The van der Waals surface area contributed by atoms with Gasteiger partial charge in [-0.3, -0.25) is 0 Å². The van der Waals surface area contributed by atoms with Gasteiger partial charge in [0.25, 0.3) is 0 Å². The van der Waals surface area contributed by atoms with Crippen LogP contribution < -0.4 is 5.32 Å². The first-order valence-corrected chi connectivity index (χ1v) is 8.85. The van der Waals surface area contributed by atoms with Crippen LogP contribution >= 0.6 is 15.9 Å². The highest BCUT2D eigenvalue weighted by Crippen LogP contribution is 2.18. The predicted molar refractivity (Wildman–Crippen MR) is 94.8 cm³/mol. The molecule has 1 atom stereocenters. The molecule has 2 nitrogen and oxygen atoms in total. The summed E-state index contributed by atoms with van der Waals surface area (Å²) in [4.78, 5) is 0. The third-order valence-electron chi connectivity index (χ3n) is 3.61. The number of benzene rings is 1. The molecule has 21 heavy (non-hydrogen) atoms. The van der Waals surface area contributed by atoms with Crippen molar-refractivity contribution >= 4 is 15.9 Å². The zero-order valence-corrected chi connectivity index (χ0v) is 15.3. The fourth-order valence-electron chi connectivity index (χ4n) is 2.53. The van der Waals surface area contributed by atoms with E-state index in [0.29, 0.717) is 11.8 Å². The molecule has 1 rings (SSSR count). The van der Waals surface area contributed by atoms with E-state index in [9.17, 15) is 0 Å². The summed E-state index contributed by atoms with van der Waals surface area (Å²) >= 11 is 3.56. The molecular formula is C18H30BrNO. The molecule has 1 aromatic rings. The number of rotatable bonds is 11. The zero-order chi connectivity index (χ0) is 15.5. The van der Waals surface area contributed by atoms with Crippen molar-refractivity contribution in [3.05, 3.63) is 34.3 Å². The van der Waals surface area contributed by atoms with Gasteiger partial charge < -0.3 is 10.1 Å². The topological polar surface area (TPSA) is 21.3 Å². The smallest absolute Gasteiger partial charge is 0.0462 e. The molecule has 3 heteroatoms. The van der Waals surface area contributed by atoms with Crippen LogP contribution in [0.3, 0.4) is 0 Å². The Hall–Kier alpha value is -0.380. The molecule has 0 saturated carbocycles. The zero-order valence-electron chi connectivity index (χ0n) is 13.7. The number of methoxy groups -OCH3 is 1. The Morgan fingerprint density at radius 3 is 2.67 bits per heavy atom. The summed E-state index contributed by atoms with van der Waals surface area (Å²) in [7, 11) is 1.78. The van der Waals surface area contributed by atoms with Gasteiger partial charge in [0.05, 0.1) is 0 Å². The standard InChI is InChI=1S/C18H30BrNO/c1-15(2)13-20-14-17(7-4-5-10-21-3)11-16-8-6-9-18(19)12-16/h6,8-9,12,15,17,20H,4-5,7,10-11,13-14H2,1-3H3. The number of hydrogen-bond acceptors (Lipinski definition) is 2. The molecule has 120 valence electrons. The van der Waals surface area contributed by atoms with Gasteiger partial charge >= 0.3 is 0 Å². The van der Waals surface area contributed by atoms with Gasteiger partial charge in [-0.2, -0.15) is 0 Å². The maximum absolute atomic E-state index is 5.15. The van der Waals surface area contributed by atoms with Crippen molar-refractivity contribution in [3.63, 3.8) is 0 Å². The fourth-order valence-corrected chi connectivity index (χ4v) is 2.98. The van der Waals surface area contributed by atoms with E-state index in [4.69, 9.17) is 4.74 Å². The van der Waals surface area contributed by atoms with Gasteiger partial charge in [0.15, 0.2) is 0 Å². The minimum Gasteiger partial charge on any atom is -0.385 e. The maximum Gasteiger partial charge on any atom is 0.0462 e. The first kappa shape index (κ1) is 18.7. The minimum absolute atomic E-state index is 0.704. The quantitative estimate of drug-likeness (QED) is 0.582. The lowest BCUT2D eigenvalue weighted by Crippen LogP contribution is -2.27. The van der Waals surface area contributed by atoms with Crippen molar-refractivity contribution in [1.29, 1.82) is 0 Å². The summed E-state index contributed by atoms with van der Waals surface area (Å²) < 4.78 is 6.32. The SMILES string of the molecule is COCCCCC(CNCC(C)C)Cc1cccc(Br)c1. The van der Waals surface area contributed by atoms with Gasteiger partial charge in [0.2, 0.25) is 0 Å². The van der Waals surface area contributed by atoms with E-state index in [-0.39, 0.29) is 0 Å². The largest absolute Gasteiger partial charge is 0.385 e. The molecule has 0 aromatic heterocycles. The molecule has 0 amide bonds. The van der Waals surface area contributed by atoms with Crippen LogP contribution in [0, 0.1) is 11.8 Å². The van der Waals surface area contributed by atoms with E-state index in [0.717, 1.165) is 32.5 Å². The fraction of sp³-hybridized carbons (Fsp3) is 0.667. The second-order valence-electron chi connectivity index (χ2n) is 6.24. The van der Waals surface area contributed by atoms with E-state index in [1.807, 2.05) is 0 Å². The maximum atomic E-state index is 5.15. The van der Waals surface area contributed by atoms with Crippen molar-refractivity contribution in [3.8, 4) is 0 Å². The van der Waals surface area contributed by atoms with Gasteiger partial charge in [0.1, 0.15) is 0 Å². The second kappa shape index (κ2) is 11.2. The number of unbranched alkanes of at least 4 members (excludes halogenated alkanes) is 1. The lowest BCUT2D eigenvalue weighted by atomic mass is 9.94. The van der Waals surface area contributed by atoms with Crippen LogP contribution in [0.2, 0.25) is 0 Å². The van der Waals surface area contributed by atoms with Crippen molar-refractivity contribution in [2.24, 2.45) is 11.8 Å². The highest BCUT2D eigenvalue weighted by atomic mass is 79.9. The number of nitrogens with one attached hydrogen (secondary N) is 1. The van der Waals surface area contributed by atoms with Crippen LogP contribution in [0.25, 0.3) is 0 Å². The van der Waals surface area contributed by atoms with Crippen LogP contribution in [-0.2, 0) is 11.2 Å². The van der Waals surface area contributed by atoms with E-state index in [2.05, 4.69) is 59.4 Å². The Bertz CT molecular complexity index is 381. The van der Waals surface area contributed by atoms with Crippen molar-refractivity contribution in [2.75, 3.05) is 26.8 Å². The predicted octanol–water partition coefficient (Wildman–Crippen LogP) is 4.67. The molecule has 1 unspecified atom stereocenters. The molecule has 1 N–H and O–H groups in total. The monoisotopic (exact) mass is 355 g/mol. The molecular weight excluding hydrogens is 326 g/mol. The summed E-state index contributed by atoms with van der Waals surface area (Å²) in [6, 6.07) is 8.69. The molecule has 0 radical (unpaired) electrons. The number of ether oxygens (including phenoxy) is 1. The van der Waals surface area contributed by atoms with E-state index in [1.165, 1.54) is 22.9 Å². The Labute approximate surface area is 138 Å². The Morgan fingerprint density at radius 2 is 2.00 bits per heavy atom. The van der Waals surface area contributed by atoms with Gasteiger partial charge in [-0.05, 0) is 61.9 Å². The van der Waals surface area contributed by atoms with Crippen LogP contribution in [0.4, 0.5) is 0 Å². The molecule has 0 saturated heterocycles. The number of hydrogen-bond donors (Lipinski definition) is 1. The second-order valence-corrected chi connectivity index (χ2v) is 7.16. The molecule has 0 bridgehead atoms. The highest BCUT2D eigenvalue weighted by molar-refractivity contribution is 9.10. The Kier molecular flexibility index (Phi) is 9.98. The average molecular weight is 356 g/mol. The van der Waals surface area contributed by atoms with Crippen molar-refractivity contribution in [1.82, 2.24) is 5.32 Å². The third-order valence-corrected chi connectivity index (χ3v) is 4.10. The Morgan fingerprint density at radius 1 is 1.19 bits per heavy atom. The van der Waals surface area contributed by atoms with Crippen LogP contribution in [0.5, 0.6) is 0 Å². The molecule has 0 heterocycles. The summed E-state index contributed by atoms with van der Waals surface area (Å²) in [6.45, 7) is 7.61. The molecule has 0 fully saturated rings. The molecule has 0 spiro atoms. The highest BCUT2D eigenvalue weighted by Gasteiger charge is 2.10. The Balaban J connectivity index is 2.45. The summed E-state index contributed by atoms with van der Waals surface area (Å²) in [5.74, 6) is 1.42. The lowest BCUT2D eigenvalue weighted by molar-refractivity contribution is 0.190. The first-order valence-electron chi connectivity index (χ1n) is 8.06. The van der Waals surface area contributed by atoms with E-state index < -0.39 is 0 Å². The summed E-state index contributed by atoms with van der Waals surface area (Å²) in [6.07, 6.45) is 4.82. The average Bonchev–Trinajstić information content (AvgIpc) is 2.43. The number of halogens is 1. The first-order chi connectivity index (χ1) is 10.1. The minimum atomic E-state index is 0.704. The van der Waals surface area contributed by atoms with E-state index in [1.54, 1.807) is 7.11 Å². The summed E-state index contributed by atoms with van der Waals surface area (Å²) in [5, 5.41) is 3.62. The van der Waals surface area contributed by atoms with Gasteiger partial charge in [-0.1, -0.05) is 48.3 Å². The molecule has 1 aromatic carbocycles. The lowest BCUT2D eigenvalue weighted by Gasteiger charge is -2.19. The van der Waals surface area contributed by atoms with Crippen LogP contribution in [0.1, 0.15) is 38.7 Å². The van der Waals surface area contributed by atoms with Crippen molar-refractivity contribution in [2.45, 2.75) is 39.5 Å². The normalized spacial score (nSPS) is 12.8. The molecule has 0 aliphatic carbocycles. The summed E-state index contributed by atoms with van der Waals surface area (Å²) in [5.41, 5.74) is 1.42. The van der Waals surface area contributed by atoms with Crippen molar-refractivity contribution < 1.29 is 4.74 Å². The van der Waals surface area contributed by atoms with Gasteiger partial charge in [-0.25, -0.2) is 0 Å².